The zero-order valence-electron chi connectivity index (χ0n) is 14.8. The SMILES string of the molecule is CC1=CC[C@@]2(C)C(CC[C@@H]3[C@@H]2CC[C@]2(C)C(=O)[C@@H](C)C[C@@H]32)C1. The molecule has 0 aliphatic heterocycles. The molecule has 0 aromatic heterocycles. The van der Waals surface area contributed by atoms with E-state index in [1.807, 2.05) is 0 Å². The number of fused-ring (bicyclic) bond motifs is 5. The van der Waals surface area contributed by atoms with Gasteiger partial charge in [-0.25, -0.2) is 0 Å². The van der Waals surface area contributed by atoms with Gasteiger partial charge in [0.1, 0.15) is 5.78 Å². The van der Waals surface area contributed by atoms with Crippen LogP contribution in [0.25, 0.3) is 0 Å². The van der Waals surface area contributed by atoms with Crippen LogP contribution >= 0.6 is 0 Å². The molecule has 4 aliphatic rings. The first kappa shape index (κ1) is 15.0. The predicted octanol–water partition coefficient (Wildman–Crippen LogP) is 5.40. The first-order chi connectivity index (χ1) is 10.4. The summed E-state index contributed by atoms with van der Waals surface area (Å²) in [5.74, 6) is 4.17. The van der Waals surface area contributed by atoms with E-state index in [9.17, 15) is 4.79 Å². The first-order valence-corrected chi connectivity index (χ1v) is 9.56. The van der Waals surface area contributed by atoms with Crippen LogP contribution in [0.2, 0.25) is 0 Å². The van der Waals surface area contributed by atoms with Gasteiger partial charge in [0.2, 0.25) is 0 Å². The molecule has 0 radical (unpaired) electrons. The molecule has 0 N–H and O–H groups in total. The zero-order valence-corrected chi connectivity index (χ0v) is 14.8. The molecule has 1 nitrogen and oxygen atoms in total. The van der Waals surface area contributed by atoms with Gasteiger partial charge in [-0.15, -0.1) is 0 Å². The molecule has 0 aromatic carbocycles. The molecule has 1 heteroatoms. The molecule has 7 atom stereocenters. The standard InChI is InChI=1S/C21H32O/c1-13-7-9-20(3)15(11-13)5-6-16-17(20)8-10-21(4)18(16)12-14(2)19(21)22/h7,14-18H,5-6,8-12H2,1-4H3/t14-,15?,16+,17-,18-,20-,21-/m0/s1. The van der Waals surface area contributed by atoms with Gasteiger partial charge >= 0.3 is 0 Å². The van der Waals surface area contributed by atoms with Crippen LogP contribution in [0, 0.1) is 40.4 Å². The number of rotatable bonds is 0. The summed E-state index contributed by atoms with van der Waals surface area (Å²) in [6.07, 6.45) is 11.6. The van der Waals surface area contributed by atoms with Crippen LogP contribution in [0.5, 0.6) is 0 Å². The van der Waals surface area contributed by atoms with Crippen molar-refractivity contribution in [1.82, 2.24) is 0 Å². The van der Waals surface area contributed by atoms with E-state index in [0.29, 0.717) is 23.0 Å². The number of carbonyl (C=O) groups is 1. The maximum absolute atomic E-state index is 12.7. The lowest BCUT2D eigenvalue weighted by molar-refractivity contribution is -0.137. The van der Waals surface area contributed by atoms with Crippen LogP contribution in [0.4, 0.5) is 0 Å². The quantitative estimate of drug-likeness (QED) is 0.547. The minimum Gasteiger partial charge on any atom is -0.299 e. The normalized spacial score (nSPS) is 54.3. The highest BCUT2D eigenvalue weighted by Crippen LogP contribution is 2.65. The molecule has 0 aromatic rings. The number of Topliss-reactive ketones (excluding diaryl/α,β-unsaturated/α-hetero) is 1. The molecule has 0 heterocycles. The second kappa shape index (κ2) is 4.71. The third-order valence-electron chi connectivity index (χ3n) is 8.53. The van der Waals surface area contributed by atoms with Crippen molar-refractivity contribution in [2.45, 2.75) is 72.6 Å². The monoisotopic (exact) mass is 300 g/mol. The Balaban J connectivity index is 1.67. The average molecular weight is 300 g/mol. The van der Waals surface area contributed by atoms with E-state index >= 15 is 0 Å². The summed E-state index contributed by atoms with van der Waals surface area (Å²) in [5, 5.41) is 0. The number of hydrogen-bond donors (Lipinski definition) is 0. The smallest absolute Gasteiger partial charge is 0.141 e. The second-order valence-corrected chi connectivity index (χ2v) is 9.57. The highest BCUT2D eigenvalue weighted by atomic mass is 16.1. The van der Waals surface area contributed by atoms with Crippen molar-refractivity contribution in [3.8, 4) is 0 Å². The van der Waals surface area contributed by atoms with Gasteiger partial charge in [0.15, 0.2) is 0 Å². The minimum absolute atomic E-state index is 0.0181. The van der Waals surface area contributed by atoms with Gasteiger partial charge in [-0.2, -0.15) is 0 Å². The number of ketones is 1. The maximum atomic E-state index is 12.7. The predicted molar refractivity (Wildman–Crippen MR) is 90.4 cm³/mol. The van der Waals surface area contributed by atoms with Crippen LogP contribution in [0.1, 0.15) is 72.6 Å². The van der Waals surface area contributed by atoms with Crippen LogP contribution in [0.3, 0.4) is 0 Å². The van der Waals surface area contributed by atoms with Crippen LogP contribution in [-0.4, -0.2) is 5.78 Å². The Morgan fingerprint density at radius 1 is 1.14 bits per heavy atom. The lowest BCUT2D eigenvalue weighted by Crippen LogP contribution is -2.52. The lowest BCUT2D eigenvalue weighted by atomic mass is 9.45. The first-order valence-electron chi connectivity index (χ1n) is 9.56. The summed E-state index contributed by atoms with van der Waals surface area (Å²) in [5.41, 5.74) is 2.15. The largest absolute Gasteiger partial charge is 0.299 e. The molecule has 0 saturated heterocycles. The number of allylic oxidation sites excluding steroid dienone is 2. The minimum atomic E-state index is 0.0181. The fourth-order valence-electron chi connectivity index (χ4n) is 7.17. The Morgan fingerprint density at radius 2 is 1.91 bits per heavy atom. The van der Waals surface area contributed by atoms with Crippen molar-refractivity contribution in [3.63, 3.8) is 0 Å². The lowest BCUT2D eigenvalue weighted by Gasteiger charge is -2.59. The third-order valence-corrected chi connectivity index (χ3v) is 8.53. The number of hydrogen-bond acceptors (Lipinski definition) is 1. The summed E-state index contributed by atoms with van der Waals surface area (Å²) < 4.78 is 0. The van der Waals surface area contributed by atoms with Crippen molar-refractivity contribution >= 4 is 5.78 Å². The maximum Gasteiger partial charge on any atom is 0.141 e. The summed E-state index contributed by atoms with van der Waals surface area (Å²) in [6, 6.07) is 0. The fourth-order valence-corrected chi connectivity index (χ4v) is 7.17. The van der Waals surface area contributed by atoms with Gasteiger partial charge in [0.05, 0.1) is 0 Å². The Hall–Kier alpha value is -0.590. The molecule has 0 bridgehead atoms. The molecule has 4 rings (SSSR count). The molecule has 22 heavy (non-hydrogen) atoms. The molecule has 3 fully saturated rings. The van der Waals surface area contributed by atoms with E-state index in [4.69, 9.17) is 0 Å². The topological polar surface area (TPSA) is 17.1 Å². The van der Waals surface area contributed by atoms with Gasteiger partial charge < -0.3 is 0 Å². The fraction of sp³-hybridized carbons (Fsp3) is 0.857. The number of carbonyl (C=O) groups excluding carboxylic acids is 1. The van der Waals surface area contributed by atoms with Gasteiger partial charge in [0.25, 0.3) is 0 Å². The van der Waals surface area contributed by atoms with Gasteiger partial charge in [0, 0.05) is 11.3 Å². The van der Waals surface area contributed by atoms with Crippen molar-refractivity contribution < 1.29 is 4.79 Å². The molecule has 1 unspecified atom stereocenters. The van der Waals surface area contributed by atoms with Crippen molar-refractivity contribution in [3.05, 3.63) is 11.6 Å². The molecule has 3 saturated carbocycles. The van der Waals surface area contributed by atoms with Crippen molar-refractivity contribution in [2.75, 3.05) is 0 Å². The van der Waals surface area contributed by atoms with Crippen molar-refractivity contribution in [1.29, 1.82) is 0 Å². The van der Waals surface area contributed by atoms with E-state index in [-0.39, 0.29) is 5.41 Å². The van der Waals surface area contributed by atoms with Gasteiger partial charge in [-0.1, -0.05) is 32.4 Å². The highest BCUT2D eigenvalue weighted by molar-refractivity contribution is 5.89. The van der Waals surface area contributed by atoms with Crippen LogP contribution in [0.15, 0.2) is 11.6 Å². The Morgan fingerprint density at radius 3 is 2.68 bits per heavy atom. The summed E-state index contributed by atoms with van der Waals surface area (Å²) >= 11 is 0. The van der Waals surface area contributed by atoms with E-state index in [0.717, 1.165) is 24.2 Å². The molecular weight excluding hydrogens is 268 g/mol. The molecule has 0 amide bonds. The molecular formula is C21H32O. The Kier molecular flexibility index (Phi) is 3.20. The summed E-state index contributed by atoms with van der Waals surface area (Å²) in [7, 11) is 0. The van der Waals surface area contributed by atoms with E-state index in [2.05, 4.69) is 33.8 Å². The Labute approximate surface area is 135 Å². The van der Waals surface area contributed by atoms with Crippen LogP contribution in [-0.2, 0) is 4.79 Å². The highest BCUT2D eigenvalue weighted by Gasteiger charge is 2.61. The molecule has 0 spiro atoms. The van der Waals surface area contributed by atoms with Gasteiger partial charge in [-0.05, 0) is 81.0 Å². The Bertz CT molecular complexity index is 532. The van der Waals surface area contributed by atoms with E-state index in [1.54, 1.807) is 5.57 Å². The third kappa shape index (κ3) is 1.80. The van der Waals surface area contributed by atoms with E-state index < -0.39 is 0 Å². The van der Waals surface area contributed by atoms with Crippen molar-refractivity contribution in [2.24, 2.45) is 40.4 Å². The second-order valence-electron chi connectivity index (χ2n) is 9.57. The van der Waals surface area contributed by atoms with Crippen LogP contribution < -0.4 is 0 Å². The summed E-state index contributed by atoms with van der Waals surface area (Å²) in [6.45, 7) is 9.39. The zero-order chi connectivity index (χ0) is 15.7. The van der Waals surface area contributed by atoms with Gasteiger partial charge in [-0.3, -0.25) is 4.79 Å². The molecule has 4 aliphatic carbocycles. The van der Waals surface area contributed by atoms with E-state index in [1.165, 1.54) is 38.5 Å². The summed E-state index contributed by atoms with van der Waals surface area (Å²) in [4.78, 5) is 12.7. The molecule has 122 valence electrons. The average Bonchev–Trinajstić information content (AvgIpc) is 2.72.